The SMILES string of the molecule is COc1cncc(N2CCN(C[C@H](O)C(F)(F)F)CC2)n1. The molecule has 2 heterocycles. The molecule has 0 radical (unpaired) electrons. The number of rotatable bonds is 4. The number of hydrogen-bond acceptors (Lipinski definition) is 6. The molecule has 6 nitrogen and oxygen atoms in total. The van der Waals surface area contributed by atoms with Gasteiger partial charge in [-0.3, -0.25) is 9.88 Å². The minimum absolute atomic E-state index is 0.391. The molecule has 1 saturated heterocycles. The number of nitrogens with zero attached hydrogens (tertiary/aromatic N) is 4. The maximum absolute atomic E-state index is 12.3. The third-order valence-corrected chi connectivity index (χ3v) is 3.31. The van der Waals surface area contributed by atoms with Crippen LogP contribution in [0, 0.1) is 0 Å². The smallest absolute Gasteiger partial charge is 0.415 e. The van der Waals surface area contributed by atoms with Crippen molar-refractivity contribution in [2.45, 2.75) is 12.3 Å². The van der Waals surface area contributed by atoms with E-state index < -0.39 is 18.8 Å². The quantitative estimate of drug-likeness (QED) is 0.875. The second-order valence-electron chi connectivity index (χ2n) is 4.76. The van der Waals surface area contributed by atoms with Gasteiger partial charge in [-0.25, -0.2) is 0 Å². The van der Waals surface area contributed by atoms with Gasteiger partial charge in [-0.05, 0) is 0 Å². The third-order valence-electron chi connectivity index (χ3n) is 3.31. The van der Waals surface area contributed by atoms with Crippen molar-refractivity contribution in [2.75, 3.05) is 44.7 Å². The van der Waals surface area contributed by atoms with Gasteiger partial charge in [-0.2, -0.15) is 18.2 Å². The summed E-state index contributed by atoms with van der Waals surface area (Å²) in [5.74, 6) is 1.02. The number of aliphatic hydroxyl groups is 1. The van der Waals surface area contributed by atoms with E-state index in [1.165, 1.54) is 13.3 Å². The fourth-order valence-electron chi connectivity index (χ4n) is 2.10. The number of piperazine rings is 1. The second-order valence-corrected chi connectivity index (χ2v) is 4.76. The summed E-state index contributed by atoms with van der Waals surface area (Å²) in [6.45, 7) is 1.48. The van der Waals surface area contributed by atoms with Gasteiger partial charge in [0.2, 0.25) is 5.88 Å². The third kappa shape index (κ3) is 4.18. The van der Waals surface area contributed by atoms with Crippen molar-refractivity contribution in [3.05, 3.63) is 12.4 Å². The number of β-amino-alcohol motifs (C(OH)–C–C–N with tert-alkyl or cyclic N) is 1. The normalized spacial score (nSPS) is 18.6. The molecule has 1 aromatic rings. The first-order valence-electron chi connectivity index (χ1n) is 6.48. The molecule has 2 rings (SSSR count). The molecular formula is C12H17F3N4O2. The van der Waals surface area contributed by atoms with Gasteiger partial charge in [-0.15, -0.1) is 0 Å². The fourth-order valence-corrected chi connectivity index (χ4v) is 2.10. The van der Waals surface area contributed by atoms with Crippen molar-refractivity contribution in [1.82, 2.24) is 14.9 Å². The highest BCUT2D eigenvalue weighted by atomic mass is 19.4. The van der Waals surface area contributed by atoms with Gasteiger partial charge < -0.3 is 14.7 Å². The minimum atomic E-state index is -4.57. The van der Waals surface area contributed by atoms with E-state index in [1.807, 2.05) is 4.90 Å². The van der Waals surface area contributed by atoms with Crippen LogP contribution in [0.3, 0.4) is 0 Å². The summed E-state index contributed by atoms with van der Waals surface area (Å²) in [6.07, 6.45) is -3.81. The molecule has 0 amide bonds. The minimum Gasteiger partial charge on any atom is -0.480 e. The van der Waals surface area contributed by atoms with E-state index in [4.69, 9.17) is 9.84 Å². The summed E-state index contributed by atoms with van der Waals surface area (Å²) in [5.41, 5.74) is 0. The lowest BCUT2D eigenvalue weighted by molar-refractivity contribution is -0.208. The highest BCUT2D eigenvalue weighted by Gasteiger charge is 2.39. The molecule has 1 aliphatic heterocycles. The largest absolute Gasteiger partial charge is 0.480 e. The number of ether oxygens (including phenoxy) is 1. The predicted octanol–water partition coefficient (Wildman–Crippen LogP) is 0.530. The lowest BCUT2D eigenvalue weighted by Gasteiger charge is -2.36. The van der Waals surface area contributed by atoms with Crippen LogP contribution in [0.4, 0.5) is 19.0 Å². The first kappa shape index (κ1) is 15.8. The van der Waals surface area contributed by atoms with Crippen LogP contribution in [0.1, 0.15) is 0 Å². The summed E-state index contributed by atoms with van der Waals surface area (Å²) < 4.78 is 41.9. The van der Waals surface area contributed by atoms with Crippen molar-refractivity contribution in [3.8, 4) is 5.88 Å². The van der Waals surface area contributed by atoms with Gasteiger partial charge in [0.1, 0.15) is 0 Å². The Kier molecular flexibility index (Phi) is 4.84. The molecule has 0 saturated carbocycles. The number of hydrogen-bond donors (Lipinski definition) is 1. The Morgan fingerprint density at radius 1 is 1.29 bits per heavy atom. The number of methoxy groups -OCH3 is 1. The van der Waals surface area contributed by atoms with E-state index in [9.17, 15) is 13.2 Å². The van der Waals surface area contributed by atoms with Crippen LogP contribution in [0.15, 0.2) is 12.4 Å². The highest BCUT2D eigenvalue weighted by Crippen LogP contribution is 2.22. The fraction of sp³-hybridized carbons (Fsp3) is 0.667. The molecule has 9 heteroatoms. The molecule has 0 spiro atoms. The molecule has 0 aromatic carbocycles. The average Bonchev–Trinajstić information content (AvgIpc) is 2.47. The Bertz CT molecular complexity index is 464. The van der Waals surface area contributed by atoms with Crippen LogP contribution >= 0.6 is 0 Å². The molecule has 0 unspecified atom stereocenters. The van der Waals surface area contributed by atoms with E-state index in [0.29, 0.717) is 37.9 Å². The van der Waals surface area contributed by atoms with Crippen molar-refractivity contribution in [2.24, 2.45) is 0 Å². The molecule has 0 bridgehead atoms. The van der Waals surface area contributed by atoms with E-state index in [-0.39, 0.29) is 0 Å². The molecule has 0 aliphatic carbocycles. The van der Waals surface area contributed by atoms with E-state index in [0.717, 1.165) is 0 Å². The summed E-state index contributed by atoms with van der Waals surface area (Å²) in [7, 11) is 1.49. The molecule has 1 fully saturated rings. The van der Waals surface area contributed by atoms with Crippen LogP contribution in [0.5, 0.6) is 5.88 Å². The van der Waals surface area contributed by atoms with Gasteiger partial charge in [0.25, 0.3) is 0 Å². The summed E-state index contributed by atoms with van der Waals surface area (Å²) >= 11 is 0. The van der Waals surface area contributed by atoms with Crippen molar-refractivity contribution >= 4 is 5.82 Å². The predicted molar refractivity (Wildman–Crippen MR) is 69.3 cm³/mol. The van der Waals surface area contributed by atoms with Gasteiger partial charge in [0.05, 0.1) is 19.5 Å². The maximum Gasteiger partial charge on any atom is 0.415 e. The lowest BCUT2D eigenvalue weighted by Crippen LogP contribution is -2.51. The number of aromatic nitrogens is 2. The Balaban J connectivity index is 1.88. The highest BCUT2D eigenvalue weighted by molar-refractivity contribution is 5.38. The standard InChI is InChI=1S/C12H17F3N4O2/c1-21-11-7-16-6-10(17-11)19-4-2-18(3-5-19)8-9(20)12(13,14)15/h6-7,9,20H,2-5,8H2,1H3/t9-/m0/s1. The number of halogens is 3. The number of anilines is 1. The van der Waals surface area contributed by atoms with Crippen LogP contribution < -0.4 is 9.64 Å². The van der Waals surface area contributed by atoms with Gasteiger partial charge >= 0.3 is 6.18 Å². The monoisotopic (exact) mass is 306 g/mol. The Morgan fingerprint density at radius 2 is 1.95 bits per heavy atom. The van der Waals surface area contributed by atoms with Crippen molar-refractivity contribution in [1.29, 1.82) is 0 Å². The average molecular weight is 306 g/mol. The zero-order chi connectivity index (χ0) is 15.5. The Hall–Kier alpha value is -1.61. The van der Waals surface area contributed by atoms with E-state index in [1.54, 1.807) is 11.1 Å². The summed E-state index contributed by atoms with van der Waals surface area (Å²) in [6, 6.07) is 0. The van der Waals surface area contributed by atoms with Crippen molar-refractivity contribution in [3.63, 3.8) is 0 Å². The molecule has 1 aliphatic rings. The zero-order valence-electron chi connectivity index (χ0n) is 11.5. The van der Waals surface area contributed by atoms with Crippen LogP contribution in [-0.4, -0.2) is 72.1 Å². The number of aliphatic hydroxyl groups excluding tert-OH is 1. The molecule has 1 N–H and O–H groups in total. The molecule has 21 heavy (non-hydrogen) atoms. The van der Waals surface area contributed by atoms with Crippen molar-refractivity contribution < 1.29 is 23.0 Å². The maximum atomic E-state index is 12.3. The van der Waals surface area contributed by atoms with Crippen LogP contribution in [0.2, 0.25) is 0 Å². The topological polar surface area (TPSA) is 61.7 Å². The Labute approximate surface area is 120 Å². The molecule has 1 atom stereocenters. The summed E-state index contributed by atoms with van der Waals surface area (Å²) in [5, 5.41) is 9.07. The second kappa shape index (κ2) is 6.44. The first-order valence-corrected chi connectivity index (χ1v) is 6.48. The lowest BCUT2D eigenvalue weighted by atomic mass is 10.2. The Morgan fingerprint density at radius 3 is 2.52 bits per heavy atom. The zero-order valence-corrected chi connectivity index (χ0v) is 11.5. The van der Waals surface area contributed by atoms with Gasteiger partial charge in [-0.1, -0.05) is 0 Å². The number of alkyl halides is 3. The van der Waals surface area contributed by atoms with Gasteiger partial charge in [0.15, 0.2) is 11.9 Å². The summed E-state index contributed by atoms with van der Waals surface area (Å²) in [4.78, 5) is 11.7. The van der Waals surface area contributed by atoms with E-state index in [2.05, 4.69) is 9.97 Å². The van der Waals surface area contributed by atoms with E-state index >= 15 is 0 Å². The molecule has 118 valence electrons. The van der Waals surface area contributed by atoms with Crippen LogP contribution in [-0.2, 0) is 0 Å². The molecule has 1 aromatic heterocycles. The van der Waals surface area contributed by atoms with Gasteiger partial charge in [0, 0.05) is 32.7 Å². The van der Waals surface area contributed by atoms with Crippen LogP contribution in [0.25, 0.3) is 0 Å². The molecular weight excluding hydrogens is 289 g/mol. The first-order chi connectivity index (χ1) is 9.90.